The number of aryl methyl sites for hydroxylation is 1. The summed E-state index contributed by atoms with van der Waals surface area (Å²) in [5.74, 6) is 0. The number of halogens is 1. The van der Waals surface area contributed by atoms with E-state index in [1.807, 2.05) is 18.2 Å². The van der Waals surface area contributed by atoms with Crippen molar-refractivity contribution in [1.29, 1.82) is 0 Å². The van der Waals surface area contributed by atoms with Gasteiger partial charge in [-0.2, -0.15) is 0 Å². The van der Waals surface area contributed by atoms with Gasteiger partial charge in [0.1, 0.15) is 6.33 Å². The Hall–Kier alpha value is -1.17. The second kappa shape index (κ2) is 8.47. The first kappa shape index (κ1) is 20.1. The lowest BCUT2D eigenvalue weighted by atomic mass is 9.73. The smallest absolute Gasteiger partial charge is 0.215 e. The zero-order valence-corrected chi connectivity index (χ0v) is 16.8. The Morgan fingerprint density at radius 2 is 2.00 bits per heavy atom. The van der Waals surface area contributed by atoms with Gasteiger partial charge in [-0.15, -0.1) is 0 Å². The standard InChI is InChI=1S/C19H28ClN3OS/c1-18(2,3)19(24,13-23-17(25)21-14-22-23)11-6-4-5-8-15-9-7-10-16(20)12-15/h7,9-10,12,14,24H,4-6,8,11,13H2,1-3H3,(H,21,22,25). The Labute approximate surface area is 160 Å². The lowest BCUT2D eigenvalue weighted by Gasteiger charge is -2.40. The van der Waals surface area contributed by atoms with Crippen LogP contribution in [0.3, 0.4) is 0 Å². The molecule has 25 heavy (non-hydrogen) atoms. The maximum Gasteiger partial charge on any atom is 0.215 e. The van der Waals surface area contributed by atoms with Gasteiger partial charge in [0, 0.05) is 5.02 Å². The van der Waals surface area contributed by atoms with Crippen molar-refractivity contribution in [3.63, 3.8) is 0 Å². The third-order valence-corrected chi connectivity index (χ3v) is 5.44. The van der Waals surface area contributed by atoms with Crippen LogP contribution in [0.2, 0.25) is 5.02 Å². The molecule has 0 aliphatic rings. The number of aromatic amines is 1. The lowest BCUT2D eigenvalue weighted by Crippen LogP contribution is -2.46. The van der Waals surface area contributed by atoms with Crippen molar-refractivity contribution in [3.05, 3.63) is 45.9 Å². The molecule has 2 rings (SSSR count). The molecule has 6 heteroatoms. The Morgan fingerprint density at radius 3 is 2.60 bits per heavy atom. The molecule has 138 valence electrons. The molecule has 0 amide bonds. The van der Waals surface area contributed by atoms with Gasteiger partial charge in [-0.25, -0.2) is 4.98 Å². The number of aromatic nitrogens is 3. The summed E-state index contributed by atoms with van der Waals surface area (Å²) in [5.41, 5.74) is 0.176. The second-order valence-corrected chi connectivity index (χ2v) is 8.53. The van der Waals surface area contributed by atoms with Gasteiger partial charge in [0.2, 0.25) is 4.77 Å². The predicted octanol–water partition coefficient (Wildman–Crippen LogP) is 5.17. The van der Waals surface area contributed by atoms with E-state index in [1.165, 1.54) is 5.56 Å². The number of unbranched alkanes of at least 4 members (excludes halogenated alkanes) is 2. The monoisotopic (exact) mass is 381 g/mol. The number of hydrogen-bond donors (Lipinski definition) is 2. The van der Waals surface area contributed by atoms with Gasteiger partial charge in [-0.05, 0) is 54.6 Å². The molecule has 1 unspecified atom stereocenters. The van der Waals surface area contributed by atoms with E-state index in [9.17, 15) is 5.11 Å². The van der Waals surface area contributed by atoms with E-state index in [-0.39, 0.29) is 5.41 Å². The summed E-state index contributed by atoms with van der Waals surface area (Å²) in [6, 6.07) is 8.02. The summed E-state index contributed by atoms with van der Waals surface area (Å²) in [4.78, 5) is 4.03. The van der Waals surface area contributed by atoms with Gasteiger partial charge < -0.3 is 5.11 Å². The van der Waals surface area contributed by atoms with Crippen LogP contribution in [0.1, 0.15) is 52.0 Å². The van der Waals surface area contributed by atoms with Crippen molar-refractivity contribution in [2.24, 2.45) is 5.41 Å². The van der Waals surface area contributed by atoms with Gasteiger partial charge in [-0.1, -0.05) is 57.3 Å². The predicted molar refractivity (Wildman–Crippen MR) is 105 cm³/mol. The second-order valence-electron chi connectivity index (χ2n) is 7.73. The molecule has 0 radical (unpaired) electrons. The van der Waals surface area contributed by atoms with Gasteiger partial charge in [0.25, 0.3) is 0 Å². The fraction of sp³-hybridized carbons (Fsp3) is 0.579. The highest BCUT2D eigenvalue weighted by molar-refractivity contribution is 7.71. The summed E-state index contributed by atoms with van der Waals surface area (Å²) >= 11 is 11.2. The van der Waals surface area contributed by atoms with Crippen molar-refractivity contribution in [2.45, 2.75) is 65.0 Å². The fourth-order valence-electron chi connectivity index (χ4n) is 2.96. The van der Waals surface area contributed by atoms with Crippen LogP contribution in [0, 0.1) is 10.2 Å². The summed E-state index contributed by atoms with van der Waals surface area (Å²) in [6.07, 6.45) is 6.43. The van der Waals surface area contributed by atoms with Crippen LogP contribution in [-0.4, -0.2) is 25.5 Å². The van der Waals surface area contributed by atoms with Gasteiger partial charge in [0.05, 0.1) is 12.1 Å². The normalized spacial score (nSPS) is 14.4. The molecule has 0 bridgehead atoms. The summed E-state index contributed by atoms with van der Waals surface area (Å²) < 4.78 is 2.22. The molecule has 0 saturated carbocycles. The highest BCUT2D eigenvalue weighted by Crippen LogP contribution is 2.36. The molecule has 0 aliphatic carbocycles. The van der Waals surface area contributed by atoms with E-state index in [0.29, 0.717) is 11.3 Å². The zero-order valence-electron chi connectivity index (χ0n) is 15.3. The van der Waals surface area contributed by atoms with Crippen LogP contribution in [0.25, 0.3) is 0 Å². The number of aliphatic hydroxyl groups is 1. The highest BCUT2D eigenvalue weighted by atomic mass is 35.5. The van der Waals surface area contributed by atoms with Crippen molar-refractivity contribution in [1.82, 2.24) is 14.8 Å². The minimum Gasteiger partial charge on any atom is -0.387 e. The summed E-state index contributed by atoms with van der Waals surface area (Å²) in [6.45, 7) is 6.64. The first-order valence-electron chi connectivity index (χ1n) is 8.78. The molecular weight excluding hydrogens is 354 g/mol. The molecule has 2 aromatic rings. The van der Waals surface area contributed by atoms with Crippen LogP contribution < -0.4 is 0 Å². The molecule has 1 atom stereocenters. The molecule has 4 nitrogen and oxygen atoms in total. The number of nitrogens with one attached hydrogen (secondary N) is 1. The number of nitrogens with zero attached hydrogens (tertiary/aromatic N) is 2. The third kappa shape index (κ3) is 5.66. The van der Waals surface area contributed by atoms with Crippen LogP contribution in [0.5, 0.6) is 0 Å². The molecule has 1 aromatic heterocycles. The van der Waals surface area contributed by atoms with E-state index < -0.39 is 5.60 Å². The quantitative estimate of drug-likeness (QED) is 0.489. The number of benzene rings is 1. The molecule has 0 fully saturated rings. The minimum absolute atomic E-state index is 0.250. The van der Waals surface area contributed by atoms with Crippen molar-refractivity contribution in [2.75, 3.05) is 0 Å². The van der Waals surface area contributed by atoms with Gasteiger partial charge in [-0.3, -0.25) is 9.78 Å². The van der Waals surface area contributed by atoms with E-state index >= 15 is 0 Å². The average molecular weight is 382 g/mol. The minimum atomic E-state index is -0.839. The fourth-order valence-corrected chi connectivity index (χ4v) is 3.34. The van der Waals surface area contributed by atoms with Crippen molar-refractivity contribution < 1.29 is 5.11 Å². The van der Waals surface area contributed by atoms with Crippen LogP contribution in [0.4, 0.5) is 0 Å². The van der Waals surface area contributed by atoms with E-state index in [1.54, 1.807) is 11.0 Å². The van der Waals surface area contributed by atoms with Crippen LogP contribution in [0.15, 0.2) is 30.6 Å². The van der Waals surface area contributed by atoms with Gasteiger partial charge >= 0.3 is 0 Å². The largest absolute Gasteiger partial charge is 0.387 e. The Kier molecular flexibility index (Phi) is 6.83. The molecule has 1 heterocycles. The lowest BCUT2D eigenvalue weighted by molar-refractivity contribution is -0.0816. The van der Waals surface area contributed by atoms with Crippen LogP contribution in [-0.2, 0) is 13.0 Å². The average Bonchev–Trinajstić information content (AvgIpc) is 2.91. The maximum absolute atomic E-state index is 11.3. The molecule has 0 saturated heterocycles. The molecule has 0 aliphatic heterocycles. The number of hydrogen-bond acceptors (Lipinski definition) is 3. The number of rotatable bonds is 8. The topological polar surface area (TPSA) is 53.8 Å². The number of H-pyrrole nitrogens is 1. The van der Waals surface area contributed by atoms with E-state index in [2.05, 4.69) is 36.9 Å². The molecule has 1 aromatic carbocycles. The summed E-state index contributed by atoms with van der Waals surface area (Å²) in [5, 5.41) is 15.0. The van der Waals surface area contributed by atoms with Crippen LogP contribution >= 0.6 is 23.8 Å². The first-order chi connectivity index (χ1) is 11.7. The summed E-state index contributed by atoms with van der Waals surface area (Å²) in [7, 11) is 0. The SMILES string of the molecule is CC(C)(C)C(O)(CCCCCc1cccc(Cl)c1)Cn1[nH]cnc1=S. The Bertz CT molecular complexity index is 735. The molecule has 2 N–H and O–H groups in total. The van der Waals surface area contributed by atoms with E-state index in [0.717, 1.165) is 37.1 Å². The van der Waals surface area contributed by atoms with E-state index in [4.69, 9.17) is 23.8 Å². The maximum atomic E-state index is 11.3. The third-order valence-electron chi connectivity index (χ3n) is 4.88. The first-order valence-corrected chi connectivity index (χ1v) is 9.57. The van der Waals surface area contributed by atoms with Crippen molar-refractivity contribution >= 4 is 23.8 Å². The molecule has 0 spiro atoms. The highest BCUT2D eigenvalue weighted by Gasteiger charge is 2.40. The Morgan fingerprint density at radius 1 is 1.24 bits per heavy atom. The molecular formula is C19H28ClN3OS. The van der Waals surface area contributed by atoms with Crippen molar-refractivity contribution in [3.8, 4) is 0 Å². The zero-order chi connectivity index (χ0) is 18.5. The van der Waals surface area contributed by atoms with Gasteiger partial charge in [0.15, 0.2) is 0 Å². The Balaban J connectivity index is 1.88.